The van der Waals surface area contributed by atoms with E-state index in [1.54, 1.807) is 6.92 Å². The minimum Gasteiger partial charge on any atom is -0.440 e. The van der Waals surface area contributed by atoms with Gasteiger partial charge in [0, 0.05) is 24.0 Å². The van der Waals surface area contributed by atoms with Crippen LogP contribution in [0.5, 0.6) is 0 Å². The summed E-state index contributed by atoms with van der Waals surface area (Å²) in [5.74, 6) is 1.50. The number of ketones is 1. The maximum atomic E-state index is 11.2. The lowest BCUT2D eigenvalue weighted by molar-refractivity contribution is -0.117. The SMILES string of the molecule is CC.CC(=O)CCc1nc(-c2ccccc2)c(-c2ccccc2)o1. The second kappa shape index (κ2) is 8.82. The number of carbonyl (C=O) groups is 1. The predicted octanol–water partition coefficient (Wildman–Crippen LogP) is 5.56. The van der Waals surface area contributed by atoms with Crippen molar-refractivity contribution in [3.05, 3.63) is 66.6 Å². The van der Waals surface area contributed by atoms with Crippen molar-refractivity contribution < 1.29 is 9.21 Å². The Morgan fingerprint density at radius 2 is 1.46 bits per heavy atom. The van der Waals surface area contributed by atoms with Crippen LogP contribution < -0.4 is 0 Å². The minimum absolute atomic E-state index is 0.140. The average molecular weight is 321 g/mol. The predicted molar refractivity (Wildman–Crippen MR) is 97.7 cm³/mol. The van der Waals surface area contributed by atoms with Gasteiger partial charge < -0.3 is 9.21 Å². The van der Waals surface area contributed by atoms with Gasteiger partial charge in [-0.25, -0.2) is 4.98 Å². The van der Waals surface area contributed by atoms with Gasteiger partial charge in [-0.3, -0.25) is 0 Å². The summed E-state index contributed by atoms with van der Waals surface area (Å²) in [6, 6.07) is 19.9. The second-order valence-electron chi connectivity index (χ2n) is 5.22. The molecule has 0 radical (unpaired) electrons. The number of benzene rings is 2. The molecule has 3 nitrogen and oxygen atoms in total. The van der Waals surface area contributed by atoms with Crippen LogP contribution in [0.3, 0.4) is 0 Å². The summed E-state index contributed by atoms with van der Waals surface area (Å²) < 4.78 is 5.94. The highest BCUT2D eigenvalue weighted by atomic mass is 16.4. The van der Waals surface area contributed by atoms with E-state index in [4.69, 9.17) is 4.42 Å². The van der Waals surface area contributed by atoms with Crippen molar-refractivity contribution >= 4 is 5.78 Å². The number of oxazole rings is 1. The summed E-state index contributed by atoms with van der Waals surface area (Å²) >= 11 is 0. The molecule has 0 N–H and O–H groups in total. The lowest BCUT2D eigenvalue weighted by atomic mass is 10.1. The van der Waals surface area contributed by atoms with Gasteiger partial charge in [0.1, 0.15) is 11.5 Å². The maximum absolute atomic E-state index is 11.2. The molecule has 0 saturated carbocycles. The standard InChI is InChI=1S/C19H17NO2.C2H6/c1-14(21)12-13-17-20-18(15-8-4-2-5-9-15)19(22-17)16-10-6-3-7-11-16;1-2/h2-11H,12-13H2,1H3;1-2H3. The topological polar surface area (TPSA) is 43.1 Å². The Kier molecular flexibility index (Phi) is 6.50. The molecule has 0 aliphatic rings. The highest BCUT2D eigenvalue weighted by molar-refractivity contribution is 5.77. The molecule has 2 aromatic carbocycles. The zero-order valence-electron chi connectivity index (χ0n) is 14.5. The Labute approximate surface area is 143 Å². The number of hydrogen-bond acceptors (Lipinski definition) is 3. The Hall–Kier alpha value is -2.68. The second-order valence-corrected chi connectivity index (χ2v) is 5.22. The fraction of sp³-hybridized carbons (Fsp3) is 0.238. The van der Waals surface area contributed by atoms with E-state index in [1.807, 2.05) is 74.5 Å². The number of rotatable bonds is 5. The molecule has 1 heterocycles. The van der Waals surface area contributed by atoms with Crippen molar-refractivity contribution in [1.82, 2.24) is 4.98 Å². The normalized spacial score (nSPS) is 9.96. The number of aryl methyl sites for hydroxylation is 1. The van der Waals surface area contributed by atoms with Crippen LogP contribution in [0.25, 0.3) is 22.6 Å². The molecule has 0 aliphatic carbocycles. The molecule has 3 aromatic rings. The fourth-order valence-electron chi connectivity index (χ4n) is 2.33. The van der Waals surface area contributed by atoms with Crippen molar-refractivity contribution in [2.75, 3.05) is 0 Å². The molecule has 0 fully saturated rings. The van der Waals surface area contributed by atoms with Crippen molar-refractivity contribution in [2.24, 2.45) is 0 Å². The quantitative estimate of drug-likeness (QED) is 0.618. The Morgan fingerprint density at radius 3 is 2.00 bits per heavy atom. The first-order valence-corrected chi connectivity index (χ1v) is 8.34. The van der Waals surface area contributed by atoms with Crippen LogP contribution >= 0.6 is 0 Å². The summed E-state index contributed by atoms with van der Waals surface area (Å²) in [5, 5.41) is 0. The van der Waals surface area contributed by atoms with Crippen molar-refractivity contribution in [2.45, 2.75) is 33.6 Å². The molecule has 3 heteroatoms. The maximum Gasteiger partial charge on any atom is 0.195 e. The monoisotopic (exact) mass is 321 g/mol. The summed E-state index contributed by atoms with van der Waals surface area (Å²) in [6.45, 7) is 5.58. The Morgan fingerprint density at radius 1 is 0.917 bits per heavy atom. The number of nitrogens with zero attached hydrogens (tertiary/aromatic N) is 1. The van der Waals surface area contributed by atoms with E-state index < -0.39 is 0 Å². The summed E-state index contributed by atoms with van der Waals surface area (Å²) in [6.07, 6.45) is 0.977. The van der Waals surface area contributed by atoms with Crippen LogP contribution in [0, 0.1) is 0 Å². The summed E-state index contributed by atoms with van der Waals surface area (Å²) in [7, 11) is 0. The molecule has 0 aliphatic heterocycles. The first-order chi connectivity index (χ1) is 11.7. The van der Waals surface area contributed by atoms with Gasteiger partial charge in [0.25, 0.3) is 0 Å². The van der Waals surface area contributed by atoms with E-state index >= 15 is 0 Å². The molecular weight excluding hydrogens is 298 g/mol. The van der Waals surface area contributed by atoms with E-state index in [0.717, 1.165) is 22.6 Å². The smallest absolute Gasteiger partial charge is 0.195 e. The summed E-state index contributed by atoms with van der Waals surface area (Å²) in [4.78, 5) is 15.8. The number of Topliss-reactive ketones (excluding diaryl/α,β-unsaturated/α-hetero) is 1. The van der Waals surface area contributed by atoms with E-state index in [2.05, 4.69) is 4.98 Å². The molecule has 24 heavy (non-hydrogen) atoms. The highest BCUT2D eigenvalue weighted by Crippen LogP contribution is 2.32. The summed E-state index contributed by atoms with van der Waals surface area (Å²) in [5.41, 5.74) is 2.83. The molecule has 0 spiro atoms. The molecule has 0 saturated heterocycles. The van der Waals surface area contributed by atoms with Gasteiger partial charge in [-0.15, -0.1) is 0 Å². The lowest BCUT2D eigenvalue weighted by Crippen LogP contribution is -1.93. The number of carbonyl (C=O) groups excluding carboxylic acids is 1. The van der Waals surface area contributed by atoms with E-state index in [1.165, 1.54) is 0 Å². The van der Waals surface area contributed by atoms with Crippen LogP contribution in [0.2, 0.25) is 0 Å². The zero-order valence-corrected chi connectivity index (χ0v) is 14.5. The van der Waals surface area contributed by atoms with E-state index in [-0.39, 0.29) is 5.78 Å². The number of aromatic nitrogens is 1. The number of hydrogen-bond donors (Lipinski definition) is 0. The molecule has 124 valence electrons. The molecule has 0 unspecified atom stereocenters. The van der Waals surface area contributed by atoms with Gasteiger partial charge in [0.15, 0.2) is 11.7 Å². The van der Waals surface area contributed by atoms with Gasteiger partial charge in [-0.2, -0.15) is 0 Å². The first-order valence-electron chi connectivity index (χ1n) is 8.34. The van der Waals surface area contributed by atoms with Crippen LogP contribution in [0.4, 0.5) is 0 Å². The fourth-order valence-corrected chi connectivity index (χ4v) is 2.33. The van der Waals surface area contributed by atoms with Crippen LogP contribution in [-0.2, 0) is 11.2 Å². The van der Waals surface area contributed by atoms with Crippen LogP contribution in [0.1, 0.15) is 33.1 Å². The van der Waals surface area contributed by atoms with Crippen LogP contribution in [-0.4, -0.2) is 10.8 Å². The molecular formula is C21H23NO2. The molecule has 0 bridgehead atoms. The third kappa shape index (κ3) is 4.42. The molecule has 3 rings (SSSR count). The van der Waals surface area contributed by atoms with Crippen molar-refractivity contribution in [3.63, 3.8) is 0 Å². The third-order valence-electron chi connectivity index (χ3n) is 3.45. The van der Waals surface area contributed by atoms with E-state index in [0.29, 0.717) is 18.7 Å². The minimum atomic E-state index is 0.140. The van der Waals surface area contributed by atoms with Gasteiger partial charge in [0.05, 0.1) is 0 Å². The van der Waals surface area contributed by atoms with Gasteiger partial charge in [-0.1, -0.05) is 74.5 Å². The van der Waals surface area contributed by atoms with Gasteiger partial charge >= 0.3 is 0 Å². The van der Waals surface area contributed by atoms with Crippen molar-refractivity contribution in [1.29, 1.82) is 0 Å². The Bertz CT molecular complexity index is 704. The third-order valence-corrected chi connectivity index (χ3v) is 3.45. The van der Waals surface area contributed by atoms with Gasteiger partial charge in [0.2, 0.25) is 0 Å². The van der Waals surface area contributed by atoms with Crippen LogP contribution in [0.15, 0.2) is 65.1 Å². The van der Waals surface area contributed by atoms with Gasteiger partial charge in [-0.05, 0) is 6.92 Å². The lowest BCUT2D eigenvalue weighted by Gasteiger charge is -2.00. The largest absolute Gasteiger partial charge is 0.440 e. The zero-order chi connectivity index (χ0) is 17.4. The van der Waals surface area contributed by atoms with E-state index in [9.17, 15) is 4.79 Å². The Balaban J connectivity index is 0.00000100. The highest BCUT2D eigenvalue weighted by Gasteiger charge is 2.16. The molecule has 1 aromatic heterocycles. The molecule has 0 amide bonds. The van der Waals surface area contributed by atoms with Crippen molar-refractivity contribution in [3.8, 4) is 22.6 Å². The average Bonchev–Trinajstić information content (AvgIpc) is 3.07. The first kappa shape index (κ1) is 17.7. The molecule has 0 atom stereocenters.